The first-order valence-corrected chi connectivity index (χ1v) is 3.66. The van der Waals surface area contributed by atoms with E-state index in [9.17, 15) is 0 Å². The van der Waals surface area contributed by atoms with Gasteiger partial charge in [-0.15, -0.1) is 0 Å². The first-order valence-electron chi connectivity index (χ1n) is 3.32. The Morgan fingerprint density at radius 1 is 1.11 bits per heavy atom. The molecule has 0 heterocycles. The molecule has 1 fully saturated rings. The first kappa shape index (κ1) is 9.21. The number of halogens is 1. The van der Waals surface area contributed by atoms with E-state index in [-0.39, 0.29) is 0 Å². The highest BCUT2D eigenvalue weighted by Gasteiger charge is 2.06. The average molecular weight is 152 g/mol. The van der Waals surface area contributed by atoms with Crippen molar-refractivity contribution in [1.82, 2.24) is 0 Å². The van der Waals surface area contributed by atoms with Crippen molar-refractivity contribution in [3.05, 3.63) is 0 Å². The number of nitrogens with two attached hydrogens (primary N) is 1. The summed E-state index contributed by atoms with van der Waals surface area (Å²) in [4.78, 5) is 0. The van der Waals surface area contributed by atoms with Gasteiger partial charge >= 0.3 is 0 Å². The first-order chi connectivity index (χ1) is 4.39. The summed E-state index contributed by atoms with van der Waals surface area (Å²) in [6.45, 7) is 0. The van der Waals surface area contributed by atoms with Crippen LogP contribution in [-0.2, 0) is 0 Å². The molecule has 0 radical (unpaired) electrons. The lowest BCUT2D eigenvalue weighted by molar-refractivity contribution is 0.441. The van der Waals surface area contributed by atoms with Gasteiger partial charge in [0.05, 0.1) is 11.9 Å². The van der Waals surface area contributed by atoms with Crippen molar-refractivity contribution < 1.29 is 4.66 Å². The maximum Gasteiger partial charge on any atom is 0.0579 e. The van der Waals surface area contributed by atoms with E-state index in [2.05, 4.69) is 11.9 Å². The molecule has 0 saturated heterocycles. The van der Waals surface area contributed by atoms with Crippen LogP contribution in [0.1, 0.15) is 32.1 Å². The van der Waals surface area contributed by atoms with Crippen LogP contribution in [0.4, 0.5) is 0 Å². The fourth-order valence-corrected chi connectivity index (χ4v) is 1.13. The lowest BCUT2D eigenvalue weighted by Gasteiger charge is -2.15. The normalized spacial score (nSPS) is 20.3. The SMILES string of the molecule is NC1CCCCC1.OCl. The molecule has 0 aromatic carbocycles. The highest BCUT2D eigenvalue weighted by Crippen LogP contribution is 2.14. The molecule has 9 heavy (non-hydrogen) atoms. The van der Waals surface area contributed by atoms with Crippen molar-refractivity contribution in [3.8, 4) is 0 Å². The van der Waals surface area contributed by atoms with Crippen molar-refractivity contribution in [3.63, 3.8) is 0 Å². The maximum atomic E-state index is 6.47. The minimum absolute atomic E-state index is 0.536. The van der Waals surface area contributed by atoms with Crippen LogP contribution in [-0.4, -0.2) is 10.7 Å². The largest absolute Gasteiger partial charge is 0.328 e. The topological polar surface area (TPSA) is 46.2 Å². The van der Waals surface area contributed by atoms with E-state index in [1.54, 1.807) is 0 Å². The van der Waals surface area contributed by atoms with Crippen molar-refractivity contribution in [1.29, 1.82) is 0 Å². The van der Waals surface area contributed by atoms with Crippen molar-refractivity contribution in [2.75, 3.05) is 0 Å². The summed E-state index contributed by atoms with van der Waals surface area (Å²) in [6, 6.07) is 0.536. The zero-order valence-corrected chi connectivity index (χ0v) is 6.27. The van der Waals surface area contributed by atoms with Crippen molar-refractivity contribution in [2.24, 2.45) is 5.73 Å². The molecule has 0 aliphatic heterocycles. The van der Waals surface area contributed by atoms with Gasteiger partial charge in [-0.05, 0) is 12.8 Å². The molecule has 3 heteroatoms. The Hall–Kier alpha value is 0.210. The van der Waals surface area contributed by atoms with Crippen LogP contribution in [0.25, 0.3) is 0 Å². The predicted molar refractivity (Wildman–Crippen MR) is 39.1 cm³/mol. The second-order valence-electron chi connectivity index (χ2n) is 2.40. The van der Waals surface area contributed by atoms with E-state index in [1.165, 1.54) is 32.1 Å². The summed E-state index contributed by atoms with van der Waals surface area (Å²) in [6.07, 6.45) is 6.66. The quantitative estimate of drug-likeness (QED) is 0.550. The Labute approximate surface area is 61.2 Å². The van der Waals surface area contributed by atoms with Gasteiger partial charge in [-0.3, -0.25) is 4.66 Å². The Kier molecular flexibility index (Phi) is 6.48. The summed E-state index contributed by atoms with van der Waals surface area (Å²) in [5.74, 6) is 0. The summed E-state index contributed by atoms with van der Waals surface area (Å²) in [5.41, 5.74) is 5.63. The van der Waals surface area contributed by atoms with Gasteiger partial charge in [-0.1, -0.05) is 19.3 Å². The molecule has 1 aliphatic carbocycles. The van der Waals surface area contributed by atoms with Gasteiger partial charge in [0.2, 0.25) is 0 Å². The molecule has 0 unspecified atom stereocenters. The third kappa shape index (κ3) is 4.70. The molecule has 1 aliphatic rings. The molecule has 0 aromatic heterocycles. The lowest BCUT2D eigenvalue weighted by Crippen LogP contribution is -2.22. The van der Waals surface area contributed by atoms with Gasteiger partial charge in [0.15, 0.2) is 0 Å². The Morgan fingerprint density at radius 2 is 1.56 bits per heavy atom. The molecule has 2 nitrogen and oxygen atoms in total. The smallest absolute Gasteiger partial charge is 0.0579 e. The van der Waals surface area contributed by atoms with Gasteiger partial charge < -0.3 is 5.73 Å². The Morgan fingerprint density at radius 3 is 1.78 bits per heavy atom. The minimum Gasteiger partial charge on any atom is -0.328 e. The second kappa shape index (κ2) is 6.33. The van der Waals surface area contributed by atoms with Crippen LogP contribution in [0.3, 0.4) is 0 Å². The standard InChI is InChI=1S/C6H13N.ClHO/c7-6-4-2-1-3-5-6;1-2/h6H,1-5,7H2;2H. The number of hydrogen-bond donors (Lipinski definition) is 2. The lowest BCUT2D eigenvalue weighted by atomic mass is 9.97. The Balaban J connectivity index is 0.000000291. The maximum absolute atomic E-state index is 6.47. The van der Waals surface area contributed by atoms with Crippen LogP contribution in [0.15, 0.2) is 0 Å². The van der Waals surface area contributed by atoms with Crippen LogP contribution in [0.5, 0.6) is 0 Å². The van der Waals surface area contributed by atoms with E-state index in [0.29, 0.717) is 6.04 Å². The van der Waals surface area contributed by atoms with Crippen molar-refractivity contribution in [2.45, 2.75) is 38.1 Å². The highest BCUT2D eigenvalue weighted by atomic mass is 35.5. The summed E-state index contributed by atoms with van der Waals surface area (Å²) in [5, 5.41) is 0. The summed E-state index contributed by atoms with van der Waals surface area (Å²) in [7, 11) is 0. The molecule has 1 rings (SSSR count). The van der Waals surface area contributed by atoms with Gasteiger partial charge in [0, 0.05) is 6.04 Å². The fraction of sp³-hybridized carbons (Fsp3) is 1.00. The predicted octanol–water partition coefficient (Wildman–Crippen LogP) is 1.41. The minimum atomic E-state index is 0.536. The summed E-state index contributed by atoms with van der Waals surface area (Å²) >= 11 is 3.64. The zero-order valence-electron chi connectivity index (χ0n) is 5.52. The third-order valence-corrected chi connectivity index (χ3v) is 1.65. The van der Waals surface area contributed by atoms with Crippen molar-refractivity contribution >= 4 is 11.9 Å². The molecule has 0 bridgehead atoms. The highest BCUT2D eigenvalue weighted by molar-refractivity contribution is 6.04. The molecule has 0 amide bonds. The summed E-state index contributed by atoms with van der Waals surface area (Å²) < 4.78 is 6.47. The molecular weight excluding hydrogens is 138 g/mol. The van der Waals surface area contributed by atoms with Crippen LogP contribution < -0.4 is 5.73 Å². The molecular formula is C6H14ClNO. The molecule has 1 saturated carbocycles. The average Bonchev–Trinajstić information content (AvgIpc) is 1.94. The van der Waals surface area contributed by atoms with E-state index in [1.807, 2.05) is 0 Å². The van der Waals surface area contributed by atoms with Gasteiger partial charge in [0.1, 0.15) is 0 Å². The van der Waals surface area contributed by atoms with Gasteiger partial charge in [-0.2, -0.15) is 0 Å². The molecule has 0 atom stereocenters. The molecule has 0 spiro atoms. The number of hydrogen-bond acceptors (Lipinski definition) is 2. The Bertz CT molecular complexity index is 55.0. The van der Waals surface area contributed by atoms with E-state index >= 15 is 0 Å². The second-order valence-corrected chi connectivity index (χ2v) is 2.40. The van der Waals surface area contributed by atoms with E-state index in [4.69, 9.17) is 10.4 Å². The molecule has 3 N–H and O–H groups in total. The van der Waals surface area contributed by atoms with Crippen LogP contribution in [0, 0.1) is 0 Å². The molecule has 56 valence electrons. The van der Waals surface area contributed by atoms with E-state index < -0.39 is 0 Å². The third-order valence-electron chi connectivity index (χ3n) is 1.65. The van der Waals surface area contributed by atoms with Crippen LogP contribution >= 0.6 is 11.9 Å². The monoisotopic (exact) mass is 151 g/mol. The fourth-order valence-electron chi connectivity index (χ4n) is 1.13. The van der Waals surface area contributed by atoms with Gasteiger partial charge in [-0.25, -0.2) is 0 Å². The van der Waals surface area contributed by atoms with Gasteiger partial charge in [0.25, 0.3) is 0 Å². The van der Waals surface area contributed by atoms with E-state index in [0.717, 1.165) is 0 Å². The number of rotatable bonds is 0. The van der Waals surface area contributed by atoms with Crippen LogP contribution in [0.2, 0.25) is 0 Å². The zero-order chi connectivity index (χ0) is 7.11. The molecule has 0 aromatic rings.